The van der Waals surface area contributed by atoms with Crippen LogP contribution in [0, 0.1) is 0 Å². The molecule has 2 aliphatic carbocycles. The van der Waals surface area contributed by atoms with Crippen LogP contribution in [0.1, 0.15) is 44.5 Å². The molecule has 13 rings (SSSR count). The Morgan fingerprint density at radius 3 is 1.33 bits per heavy atom. The largest absolute Gasteiger partial charge is 0.454 e. The van der Waals surface area contributed by atoms with Crippen LogP contribution in [0.15, 0.2) is 253 Å². The van der Waals surface area contributed by atoms with Crippen molar-refractivity contribution in [3.8, 4) is 22.3 Å². The van der Waals surface area contributed by atoms with E-state index in [0.717, 1.165) is 39.0 Å². The molecular formula is C62H41NO. The van der Waals surface area contributed by atoms with Gasteiger partial charge in [0.1, 0.15) is 5.58 Å². The highest BCUT2D eigenvalue weighted by Gasteiger charge is 2.48. The van der Waals surface area contributed by atoms with Crippen LogP contribution in [0.25, 0.3) is 44.2 Å². The Labute approximate surface area is 373 Å². The number of benzene rings is 10. The van der Waals surface area contributed by atoms with Crippen LogP contribution in [-0.4, -0.2) is 0 Å². The van der Waals surface area contributed by atoms with Crippen LogP contribution in [0.3, 0.4) is 0 Å². The smallest absolute Gasteiger partial charge is 0.159 e. The van der Waals surface area contributed by atoms with Gasteiger partial charge in [-0.1, -0.05) is 218 Å². The molecule has 0 atom stereocenters. The minimum Gasteiger partial charge on any atom is -0.454 e. The number of nitrogens with zero attached hydrogens (tertiary/aromatic N) is 1. The van der Waals surface area contributed by atoms with Gasteiger partial charge in [-0.05, 0) is 91.5 Å². The van der Waals surface area contributed by atoms with Crippen molar-refractivity contribution >= 4 is 39.0 Å². The van der Waals surface area contributed by atoms with E-state index in [-0.39, 0.29) is 0 Å². The van der Waals surface area contributed by atoms with Crippen LogP contribution >= 0.6 is 0 Å². The molecule has 0 spiro atoms. The molecule has 2 nitrogen and oxygen atoms in total. The lowest BCUT2D eigenvalue weighted by molar-refractivity contribution is 0.669. The number of fused-ring (bicyclic) bond motifs is 9. The van der Waals surface area contributed by atoms with E-state index < -0.39 is 10.8 Å². The molecule has 300 valence electrons. The van der Waals surface area contributed by atoms with E-state index >= 15 is 0 Å². The Balaban J connectivity index is 1.10. The topological polar surface area (TPSA) is 16.4 Å². The fourth-order valence-electron chi connectivity index (χ4n) is 11.5. The lowest BCUT2D eigenvalue weighted by atomic mass is 9.67. The Morgan fingerprint density at radius 1 is 0.297 bits per heavy atom. The zero-order chi connectivity index (χ0) is 42.2. The number of para-hydroxylation sites is 2. The SMILES string of the molecule is c1ccc(C2(c3ccc(N(c4cccc5c4-c4ccccc4C5(c4ccccc4)c4ccccc4)c4cccc5c4oc4ccccc45)cc3)c3ccccc3-c3ccccc32)cc1. The van der Waals surface area contributed by atoms with Gasteiger partial charge in [0.25, 0.3) is 0 Å². The van der Waals surface area contributed by atoms with Crippen molar-refractivity contribution < 1.29 is 4.42 Å². The summed E-state index contributed by atoms with van der Waals surface area (Å²) in [6.07, 6.45) is 0. The summed E-state index contributed by atoms with van der Waals surface area (Å²) in [6, 6.07) is 91.3. The summed E-state index contributed by atoms with van der Waals surface area (Å²) in [7, 11) is 0. The van der Waals surface area contributed by atoms with Crippen molar-refractivity contribution in [3.63, 3.8) is 0 Å². The third-order valence-electron chi connectivity index (χ3n) is 14.0. The van der Waals surface area contributed by atoms with Crippen molar-refractivity contribution in [2.75, 3.05) is 4.90 Å². The number of anilines is 3. The molecule has 2 aliphatic rings. The maximum absolute atomic E-state index is 6.89. The first-order chi connectivity index (χ1) is 31.8. The van der Waals surface area contributed by atoms with Gasteiger partial charge in [-0.25, -0.2) is 0 Å². The van der Waals surface area contributed by atoms with Crippen LogP contribution in [0.5, 0.6) is 0 Å². The molecule has 10 aromatic carbocycles. The summed E-state index contributed by atoms with van der Waals surface area (Å²) in [5, 5.41) is 2.20. The first-order valence-corrected chi connectivity index (χ1v) is 22.2. The number of hydrogen-bond acceptors (Lipinski definition) is 2. The van der Waals surface area contributed by atoms with Gasteiger partial charge in [0.15, 0.2) is 5.58 Å². The molecule has 0 amide bonds. The molecule has 64 heavy (non-hydrogen) atoms. The molecule has 0 unspecified atom stereocenters. The molecule has 0 aliphatic heterocycles. The molecule has 0 bridgehead atoms. The highest BCUT2D eigenvalue weighted by molar-refractivity contribution is 6.11. The van der Waals surface area contributed by atoms with Crippen molar-refractivity contribution in [2.45, 2.75) is 10.8 Å². The summed E-state index contributed by atoms with van der Waals surface area (Å²) in [4.78, 5) is 2.45. The van der Waals surface area contributed by atoms with E-state index in [0.29, 0.717) is 0 Å². The average Bonchev–Trinajstić information content (AvgIpc) is 4.01. The second kappa shape index (κ2) is 14.2. The first kappa shape index (κ1) is 36.5. The molecule has 1 aromatic heterocycles. The van der Waals surface area contributed by atoms with E-state index in [2.05, 4.69) is 254 Å². The predicted molar refractivity (Wildman–Crippen MR) is 263 cm³/mol. The van der Waals surface area contributed by atoms with Crippen molar-refractivity contribution in [2.24, 2.45) is 0 Å². The quantitative estimate of drug-likeness (QED) is 0.159. The predicted octanol–water partition coefficient (Wildman–Crippen LogP) is 15.8. The summed E-state index contributed by atoms with van der Waals surface area (Å²) < 4.78 is 6.89. The van der Waals surface area contributed by atoms with E-state index in [1.165, 1.54) is 66.8 Å². The van der Waals surface area contributed by atoms with Crippen molar-refractivity contribution in [1.29, 1.82) is 0 Å². The lowest BCUT2D eigenvalue weighted by Crippen LogP contribution is -2.28. The first-order valence-electron chi connectivity index (χ1n) is 22.2. The summed E-state index contributed by atoms with van der Waals surface area (Å²) in [6.45, 7) is 0. The van der Waals surface area contributed by atoms with Crippen LogP contribution in [-0.2, 0) is 10.8 Å². The minimum atomic E-state index is -0.545. The molecule has 0 radical (unpaired) electrons. The maximum Gasteiger partial charge on any atom is 0.159 e. The third-order valence-corrected chi connectivity index (χ3v) is 14.0. The van der Waals surface area contributed by atoms with Gasteiger partial charge < -0.3 is 9.32 Å². The van der Waals surface area contributed by atoms with E-state index in [1.54, 1.807) is 0 Å². The molecule has 0 N–H and O–H groups in total. The second-order valence-corrected chi connectivity index (χ2v) is 17.1. The lowest BCUT2D eigenvalue weighted by Gasteiger charge is -2.35. The number of furan rings is 1. The van der Waals surface area contributed by atoms with Crippen molar-refractivity contribution in [1.82, 2.24) is 0 Å². The van der Waals surface area contributed by atoms with Gasteiger partial charge in [0.05, 0.1) is 22.2 Å². The van der Waals surface area contributed by atoms with E-state index in [4.69, 9.17) is 4.42 Å². The molecule has 11 aromatic rings. The minimum absolute atomic E-state index is 0.505. The van der Waals surface area contributed by atoms with Crippen LogP contribution < -0.4 is 4.90 Å². The Bertz CT molecular complexity index is 3470. The molecule has 0 saturated heterocycles. The standard InChI is InChI=1S/C62H41NO/c1-4-20-42(21-5-1)61(52-31-14-10-26-47(52)48-27-11-15-32-53(48)61)45-38-40-46(41-39-45)63(57-36-18-30-50-49-28-13-17-37-58(49)64-60(50)57)56-35-19-34-55-59(56)51-29-12-16-33-54(51)62(55,43-22-6-2-7-23-43)44-24-8-3-9-25-44/h1-41H. The van der Waals surface area contributed by atoms with Crippen LogP contribution in [0.4, 0.5) is 17.1 Å². The Morgan fingerprint density at radius 2 is 0.719 bits per heavy atom. The highest BCUT2D eigenvalue weighted by Crippen LogP contribution is 2.61. The van der Waals surface area contributed by atoms with Gasteiger partial charge in [0, 0.05) is 22.0 Å². The van der Waals surface area contributed by atoms with Gasteiger partial charge in [-0.15, -0.1) is 0 Å². The van der Waals surface area contributed by atoms with Gasteiger partial charge in [-0.3, -0.25) is 0 Å². The Hall–Kier alpha value is -8.20. The second-order valence-electron chi connectivity index (χ2n) is 17.1. The summed E-state index contributed by atoms with van der Waals surface area (Å²) in [5.41, 5.74) is 18.9. The van der Waals surface area contributed by atoms with Gasteiger partial charge in [-0.2, -0.15) is 0 Å². The van der Waals surface area contributed by atoms with Gasteiger partial charge >= 0.3 is 0 Å². The summed E-state index contributed by atoms with van der Waals surface area (Å²) >= 11 is 0. The van der Waals surface area contributed by atoms with Gasteiger partial charge in [0.2, 0.25) is 0 Å². The fourth-order valence-corrected chi connectivity index (χ4v) is 11.5. The summed E-state index contributed by atoms with van der Waals surface area (Å²) in [5.74, 6) is 0. The zero-order valence-electron chi connectivity index (χ0n) is 35.0. The average molecular weight is 816 g/mol. The molecule has 1 heterocycles. The number of hydrogen-bond donors (Lipinski definition) is 0. The molecule has 2 heteroatoms. The Kier molecular flexibility index (Phi) is 8.07. The monoisotopic (exact) mass is 815 g/mol. The third kappa shape index (κ3) is 4.97. The molecule has 0 fully saturated rings. The normalized spacial score (nSPS) is 13.9. The fraction of sp³-hybridized carbons (Fsp3) is 0.0323. The highest BCUT2D eigenvalue weighted by atomic mass is 16.3. The van der Waals surface area contributed by atoms with Crippen molar-refractivity contribution in [3.05, 3.63) is 293 Å². The van der Waals surface area contributed by atoms with E-state index in [9.17, 15) is 0 Å². The maximum atomic E-state index is 6.89. The molecular weight excluding hydrogens is 775 g/mol. The molecule has 0 saturated carbocycles. The zero-order valence-corrected chi connectivity index (χ0v) is 35.0. The number of rotatable bonds is 7. The van der Waals surface area contributed by atoms with E-state index in [1.807, 2.05) is 0 Å². The van der Waals surface area contributed by atoms with Crippen LogP contribution in [0.2, 0.25) is 0 Å².